The van der Waals surface area contributed by atoms with Crippen molar-refractivity contribution >= 4 is 35.9 Å². The summed E-state index contributed by atoms with van der Waals surface area (Å²) < 4.78 is 0. The van der Waals surface area contributed by atoms with E-state index in [0.29, 0.717) is 53.7 Å². The van der Waals surface area contributed by atoms with Gasteiger partial charge in [-0.3, -0.25) is 19.5 Å². The van der Waals surface area contributed by atoms with Crippen molar-refractivity contribution in [2.45, 2.75) is 18.7 Å². The second-order valence-electron chi connectivity index (χ2n) is 9.95. The molecular formula is C31H30N8O2S. The predicted molar refractivity (Wildman–Crippen MR) is 164 cm³/mol. The third kappa shape index (κ3) is 6.57. The first-order valence-electron chi connectivity index (χ1n) is 13.5. The number of anilines is 2. The molecule has 0 spiro atoms. The highest BCUT2D eigenvalue weighted by Crippen LogP contribution is 2.31. The van der Waals surface area contributed by atoms with E-state index in [1.54, 1.807) is 24.3 Å². The van der Waals surface area contributed by atoms with Crippen molar-refractivity contribution in [3.63, 3.8) is 0 Å². The first-order chi connectivity index (χ1) is 20.3. The number of carbonyl (C=O) groups excluding carboxylic acids is 2. The molecule has 4 aromatic rings. The molecule has 0 saturated carbocycles. The number of amides is 2. The number of pyridine rings is 1. The molecule has 1 fully saturated rings. The maximum atomic E-state index is 12.8. The van der Waals surface area contributed by atoms with Crippen LogP contribution in [0.25, 0.3) is 11.3 Å². The molecule has 2 aromatic heterocycles. The summed E-state index contributed by atoms with van der Waals surface area (Å²) in [4.78, 5) is 42.2. The van der Waals surface area contributed by atoms with E-state index < -0.39 is 5.25 Å². The van der Waals surface area contributed by atoms with E-state index in [2.05, 4.69) is 26.3 Å². The number of nitrogens with zero attached hydrogens (tertiary/aromatic N) is 6. The SMILES string of the molecule is CC(=O)Nc1ccc(-c2nc(C(S)c3cccc(CN4CCN(C(=O)c5ccccc5)CC4)n3)nc(N)c2C#N)cc1. The Morgan fingerprint density at radius 1 is 0.976 bits per heavy atom. The normalized spacial score (nSPS) is 14.2. The Balaban J connectivity index is 1.30. The van der Waals surface area contributed by atoms with E-state index in [0.717, 1.165) is 18.8 Å². The summed E-state index contributed by atoms with van der Waals surface area (Å²) in [7, 11) is 0. The quantitative estimate of drug-likeness (QED) is 0.280. The van der Waals surface area contributed by atoms with Crippen LogP contribution in [-0.4, -0.2) is 62.7 Å². The molecule has 10 nitrogen and oxygen atoms in total. The van der Waals surface area contributed by atoms with E-state index in [4.69, 9.17) is 23.3 Å². The lowest BCUT2D eigenvalue weighted by molar-refractivity contribution is -0.114. The molecule has 212 valence electrons. The molecule has 3 N–H and O–H groups in total. The number of hydrogen-bond acceptors (Lipinski definition) is 9. The molecule has 1 aliphatic rings. The van der Waals surface area contributed by atoms with Gasteiger partial charge in [0.25, 0.3) is 5.91 Å². The summed E-state index contributed by atoms with van der Waals surface area (Å²) >= 11 is 4.78. The molecule has 0 radical (unpaired) electrons. The van der Waals surface area contributed by atoms with Crippen LogP contribution >= 0.6 is 12.6 Å². The minimum atomic E-state index is -0.585. The van der Waals surface area contributed by atoms with E-state index in [9.17, 15) is 14.9 Å². The van der Waals surface area contributed by atoms with E-state index >= 15 is 0 Å². The van der Waals surface area contributed by atoms with Gasteiger partial charge in [-0.15, -0.1) is 0 Å². The van der Waals surface area contributed by atoms with Crippen molar-refractivity contribution in [1.82, 2.24) is 24.8 Å². The molecule has 1 atom stereocenters. The monoisotopic (exact) mass is 578 g/mol. The lowest BCUT2D eigenvalue weighted by Crippen LogP contribution is -2.48. The molecule has 2 aromatic carbocycles. The van der Waals surface area contributed by atoms with Gasteiger partial charge in [0, 0.05) is 56.5 Å². The number of nitrogen functional groups attached to an aromatic ring is 1. The van der Waals surface area contributed by atoms with Crippen LogP contribution in [0.15, 0.2) is 72.8 Å². The van der Waals surface area contributed by atoms with Gasteiger partial charge in [0.15, 0.2) is 0 Å². The molecule has 0 bridgehead atoms. The van der Waals surface area contributed by atoms with E-state index in [1.165, 1.54) is 6.92 Å². The zero-order valence-electron chi connectivity index (χ0n) is 23.1. The summed E-state index contributed by atoms with van der Waals surface area (Å²) in [5.41, 5.74) is 10.2. The minimum absolute atomic E-state index is 0.0537. The van der Waals surface area contributed by atoms with Gasteiger partial charge in [0.1, 0.15) is 28.5 Å². The Bertz CT molecular complexity index is 1630. The summed E-state index contributed by atoms with van der Waals surface area (Å²) in [6.45, 7) is 4.85. The molecule has 0 aliphatic carbocycles. The molecule has 42 heavy (non-hydrogen) atoms. The Morgan fingerprint density at radius 3 is 2.36 bits per heavy atom. The fourth-order valence-electron chi connectivity index (χ4n) is 4.82. The maximum Gasteiger partial charge on any atom is 0.253 e. The number of nitrogens with two attached hydrogens (primary N) is 1. The van der Waals surface area contributed by atoms with Crippen molar-refractivity contribution in [2.75, 3.05) is 37.2 Å². The van der Waals surface area contributed by atoms with Crippen LogP contribution in [0.1, 0.15) is 45.3 Å². The zero-order chi connectivity index (χ0) is 29.6. The lowest BCUT2D eigenvalue weighted by atomic mass is 10.1. The molecule has 11 heteroatoms. The number of hydrogen-bond donors (Lipinski definition) is 3. The van der Waals surface area contributed by atoms with Gasteiger partial charge in [0.05, 0.1) is 17.1 Å². The fourth-order valence-corrected chi connectivity index (χ4v) is 5.08. The van der Waals surface area contributed by atoms with Gasteiger partial charge >= 0.3 is 0 Å². The average Bonchev–Trinajstić information content (AvgIpc) is 3.01. The standard InChI is InChI=1S/C31H30N8O2S/c1-20(40)34-23-12-10-21(11-13-23)27-25(18-32)29(33)37-30(36-27)28(42)26-9-5-8-24(35-26)19-38-14-16-39(17-15-38)31(41)22-6-3-2-4-7-22/h2-13,28,42H,14-17,19H2,1H3,(H,34,40)(H2,33,36,37). The number of piperazine rings is 1. The van der Waals surface area contributed by atoms with Crippen LogP contribution in [0, 0.1) is 11.3 Å². The van der Waals surface area contributed by atoms with Crippen molar-refractivity contribution in [3.8, 4) is 17.3 Å². The van der Waals surface area contributed by atoms with Crippen molar-refractivity contribution in [2.24, 2.45) is 0 Å². The lowest BCUT2D eigenvalue weighted by Gasteiger charge is -2.34. The molecular weight excluding hydrogens is 548 g/mol. The average molecular weight is 579 g/mol. The van der Waals surface area contributed by atoms with Crippen LogP contribution in [0.4, 0.5) is 11.5 Å². The highest BCUT2D eigenvalue weighted by Gasteiger charge is 2.24. The summed E-state index contributed by atoms with van der Waals surface area (Å²) in [5.74, 6) is 0.259. The maximum absolute atomic E-state index is 12.8. The van der Waals surface area contributed by atoms with Crippen molar-refractivity contribution in [3.05, 3.63) is 101 Å². The first-order valence-corrected chi connectivity index (χ1v) is 14.0. The number of benzene rings is 2. The van der Waals surface area contributed by atoms with Gasteiger partial charge in [-0.1, -0.05) is 36.4 Å². The minimum Gasteiger partial charge on any atom is -0.382 e. The summed E-state index contributed by atoms with van der Waals surface area (Å²) in [5, 5.41) is 11.9. The fraction of sp³-hybridized carbons (Fsp3) is 0.226. The van der Waals surface area contributed by atoms with Crippen LogP contribution in [0.3, 0.4) is 0 Å². The molecule has 1 saturated heterocycles. The Hall–Kier alpha value is -4.79. The Labute approximate surface area is 249 Å². The van der Waals surface area contributed by atoms with E-state index in [-0.39, 0.29) is 23.2 Å². The van der Waals surface area contributed by atoms with Gasteiger partial charge < -0.3 is 16.0 Å². The molecule has 2 amide bonds. The topological polar surface area (TPSA) is 141 Å². The highest BCUT2D eigenvalue weighted by molar-refractivity contribution is 7.80. The number of thiol groups is 1. The molecule has 3 heterocycles. The van der Waals surface area contributed by atoms with Crippen LogP contribution in [0.5, 0.6) is 0 Å². The van der Waals surface area contributed by atoms with Gasteiger partial charge in [-0.25, -0.2) is 9.97 Å². The van der Waals surface area contributed by atoms with Gasteiger partial charge in [0.2, 0.25) is 5.91 Å². The Kier molecular flexibility index (Phi) is 8.76. The summed E-state index contributed by atoms with van der Waals surface area (Å²) in [6.07, 6.45) is 0. The second-order valence-corrected chi connectivity index (χ2v) is 10.5. The van der Waals surface area contributed by atoms with Gasteiger partial charge in [-0.05, 0) is 36.4 Å². The summed E-state index contributed by atoms with van der Waals surface area (Å²) in [6, 6.07) is 24.2. The van der Waals surface area contributed by atoms with Crippen LogP contribution in [0.2, 0.25) is 0 Å². The number of nitriles is 1. The molecule has 5 rings (SSSR count). The largest absolute Gasteiger partial charge is 0.382 e. The van der Waals surface area contributed by atoms with Crippen LogP contribution in [-0.2, 0) is 11.3 Å². The number of aromatic nitrogens is 3. The molecule has 1 unspecified atom stereocenters. The molecule has 1 aliphatic heterocycles. The predicted octanol–water partition coefficient (Wildman–Crippen LogP) is 3.93. The Morgan fingerprint density at radius 2 is 1.69 bits per heavy atom. The first kappa shape index (κ1) is 28.7. The smallest absolute Gasteiger partial charge is 0.253 e. The zero-order valence-corrected chi connectivity index (χ0v) is 24.0. The van der Waals surface area contributed by atoms with Crippen LogP contribution < -0.4 is 11.1 Å². The van der Waals surface area contributed by atoms with Crippen molar-refractivity contribution < 1.29 is 9.59 Å². The number of carbonyl (C=O) groups is 2. The van der Waals surface area contributed by atoms with Crippen molar-refractivity contribution in [1.29, 1.82) is 5.26 Å². The highest BCUT2D eigenvalue weighted by atomic mass is 32.1. The van der Waals surface area contributed by atoms with E-state index in [1.807, 2.05) is 53.4 Å². The number of nitrogens with one attached hydrogen (secondary N) is 1. The third-order valence-electron chi connectivity index (χ3n) is 6.96. The second kappa shape index (κ2) is 12.8. The van der Waals surface area contributed by atoms with Gasteiger partial charge in [-0.2, -0.15) is 17.9 Å². The third-order valence-corrected chi connectivity index (χ3v) is 7.46. The number of rotatable bonds is 7.